The number of nitrogens with one attached hydrogen (secondary N) is 1. The highest BCUT2D eigenvalue weighted by Gasteiger charge is 2.29. The first kappa shape index (κ1) is 18.5. The summed E-state index contributed by atoms with van der Waals surface area (Å²) in [5.74, 6) is 0.278. The molecular formula is C18H27FN2O3. The highest BCUT2D eigenvalue weighted by atomic mass is 19.1. The third kappa shape index (κ3) is 5.37. The first-order chi connectivity index (χ1) is 11.1. The molecule has 1 aliphatic carbocycles. The minimum absolute atomic E-state index is 0.0176. The monoisotopic (exact) mass is 338 g/mol. The van der Waals surface area contributed by atoms with Gasteiger partial charge in [-0.05, 0) is 58.7 Å². The van der Waals surface area contributed by atoms with Crippen molar-refractivity contribution in [1.82, 2.24) is 5.32 Å². The second kappa shape index (κ2) is 7.38. The van der Waals surface area contributed by atoms with Crippen LogP contribution in [0.1, 0.15) is 58.6 Å². The zero-order chi connectivity index (χ0) is 17.9. The lowest BCUT2D eigenvalue weighted by molar-refractivity contribution is 0.0503. The fraction of sp³-hybridized carbons (Fsp3) is 0.611. The molecule has 0 spiro atoms. The molecule has 0 saturated heterocycles. The Morgan fingerprint density at radius 3 is 2.71 bits per heavy atom. The van der Waals surface area contributed by atoms with Gasteiger partial charge in [-0.1, -0.05) is 0 Å². The van der Waals surface area contributed by atoms with E-state index in [1.54, 1.807) is 13.0 Å². The molecule has 1 aromatic carbocycles. The van der Waals surface area contributed by atoms with Crippen LogP contribution < -0.4 is 15.8 Å². The Morgan fingerprint density at radius 1 is 1.38 bits per heavy atom. The lowest BCUT2D eigenvalue weighted by Crippen LogP contribution is -2.38. The van der Waals surface area contributed by atoms with E-state index in [-0.39, 0.29) is 24.0 Å². The fourth-order valence-electron chi connectivity index (χ4n) is 2.81. The minimum atomic E-state index is -0.515. The Morgan fingerprint density at radius 2 is 2.08 bits per heavy atom. The zero-order valence-electron chi connectivity index (χ0n) is 14.8. The van der Waals surface area contributed by atoms with Crippen LogP contribution in [0.15, 0.2) is 18.2 Å². The topological polar surface area (TPSA) is 73.6 Å². The molecular weight excluding hydrogens is 311 g/mol. The third-order valence-electron chi connectivity index (χ3n) is 3.86. The van der Waals surface area contributed by atoms with Gasteiger partial charge in [0, 0.05) is 24.1 Å². The van der Waals surface area contributed by atoms with Gasteiger partial charge in [0.25, 0.3) is 0 Å². The van der Waals surface area contributed by atoms with Gasteiger partial charge in [0.05, 0.1) is 0 Å². The summed E-state index contributed by atoms with van der Waals surface area (Å²) in [5, 5.41) is 2.87. The van der Waals surface area contributed by atoms with E-state index in [1.165, 1.54) is 12.1 Å². The highest BCUT2D eigenvalue weighted by Crippen LogP contribution is 2.30. The van der Waals surface area contributed by atoms with Gasteiger partial charge in [0.15, 0.2) is 0 Å². The standard InChI is InChI=1S/C18H27FN2O3/c1-11(20)15-9-12(19)5-8-16(15)23-14-7-6-13(10-14)21-17(22)24-18(2,3)4/h5,8-9,11,13-14H,6-7,10,20H2,1-4H3,(H,21,22)/t11-,13+,14-/m1/s1. The number of nitrogens with two attached hydrogens (primary N) is 1. The van der Waals surface area contributed by atoms with E-state index in [9.17, 15) is 9.18 Å². The van der Waals surface area contributed by atoms with Crippen molar-refractivity contribution in [2.75, 3.05) is 0 Å². The number of carbonyl (C=O) groups excluding carboxylic acids is 1. The summed E-state index contributed by atoms with van der Waals surface area (Å²) >= 11 is 0. The van der Waals surface area contributed by atoms with E-state index in [4.69, 9.17) is 15.2 Å². The number of rotatable bonds is 4. The summed E-state index contributed by atoms with van der Waals surface area (Å²) in [6, 6.07) is 4.09. The number of alkyl carbamates (subject to hydrolysis) is 1. The smallest absolute Gasteiger partial charge is 0.407 e. The number of carbonyl (C=O) groups is 1. The van der Waals surface area contributed by atoms with Gasteiger partial charge in [0.1, 0.15) is 23.3 Å². The van der Waals surface area contributed by atoms with Crippen LogP contribution >= 0.6 is 0 Å². The molecule has 1 aliphatic rings. The number of ether oxygens (including phenoxy) is 2. The van der Waals surface area contributed by atoms with Gasteiger partial charge in [0.2, 0.25) is 0 Å². The molecule has 0 aliphatic heterocycles. The molecule has 1 aromatic rings. The number of halogens is 1. The highest BCUT2D eigenvalue weighted by molar-refractivity contribution is 5.68. The predicted molar refractivity (Wildman–Crippen MR) is 90.4 cm³/mol. The van der Waals surface area contributed by atoms with Crippen molar-refractivity contribution in [2.45, 2.75) is 70.7 Å². The lowest BCUT2D eigenvalue weighted by Gasteiger charge is -2.22. The maximum Gasteiger partial charge on any atom is 0.407 e. The lowest BCUT2D eigenvalue weighted by atomic mass is 10.1. The SMILES string of the molecule is C[C@@H](N)c1cc(F)ccc1O[C@@H]1CC[C@H](NC(=O)OC(C)(C)C)C1. The Hall–Kier alpha value is -1.82. The Bertz CT molecular complexity index is 584. The normalized spacial score (nSPS) is 22.1. The van der Waals surface area contributed by atoms with E-state index < -0.39 is 11.7 Å². The average molecular weight is 338 g/mol. The van der Waals surface area contributed by atoms with E-state index in [0.717, 1.165) is 12.8 Å². The number of hydrogen-bond donors (Lipinski definition) is 2. The van der Waals surface area contributed by atoms with E-state index >= 15 is 0 Å². The van der Waals surface area contributed by atoms with Crippen molar-refractivity contribution < 1.29 is 18.7 Å². The van der Waals surface area contributed by atoms with E-state index in [2.05, 4.69) is 5.32 Å². The van der Waals surface area contributed by atoms with Crippen LogP contribution in [-0.2, 0) is 4.74 Å². The zero-order valence-corrected chi connectivity index (χ0v) is 14.8. The van der Waals surface area contributed by atoms with Gasteiger partial charge >= 0.3 is 6.09 Å². The van der Waals surface area contributed by atoms with Crippen LogP contribution in [-0.4, -0.2) is 23.8 Å². The van der Waals surface area contributed by atoms with Crippen LogP contribution in [0, 0.1) is 5.82 Å². The maximum absolute atomic E-state index is 13.4. The predicted octanol–water partition coefficient (Wildman–Crippen LogP) is 3.67. The molecule has 0 radical (unpaired) electrons. The van der Waals surface area contributed by atoms with Crippen LogP contribution in [0.3, 0.4) is 0 Å². The number of hydrogen-bond acceptors (Lipinski definition) is 4. The minimum Gasteiger partial charge on any atom is -0.490 e. The van der Waals surface area contributed by atoms with E-state index in [1.807, 2.05) is 20.8 Å². The Balaban J connectivity index is 1.92. The molecule has 2 rings (SSSR count). The Labute approximate surface area is 142 Å². The van der Waals surface area contributed by atoms with Crippen molar-refractivity contribution in [3.63, 3.8) is 0 Å². The van der Waals surface area contributed by atoms with Gasteiger partial charge in [-0.2, -0.15) is 0 Å². The molecule has 6 heteroatoms. The molecule has 3 N–H and O–H groups in total. The molecule has 0 unspecified atom stereocenters. The summed E-state index contributed by atoms with van der Waals surface area (Å²) in [7, 11) is 0. The number of amides is 1. The summed E-state index contributed by atoms with van der Waals surface area (Å²) in [4.78, 5) is 11.8. The van der Waals surface area contributed by atoms with Gasteiger partial charge < -0.3 is 20.5 Å². The maximum atomic E-state index is 13.4. The fourth-order valence-corrected chi connectivity index (χ4v) is 2.81. The molecule has 3 atom stereocenters. The van der Waals surface area contributed by atoms with Crippen molar-refractivity contribution in [1.29, 1.82) is 0 Å². The molecule has 0 bridgehead atoms. The van der Waals surface area contributed by atoms with Crippen LogP contribution in [0.2, 0.25) is 0 Å². The second-order valence-corrected chi connectivity index (χ2v) is 7.37. The van der Waals surface area contributed by atoms with Crippen molar-refractivity contribution in [3.05, 3.63) is 29.6 Å². The number of benzene rings is 1. The van der Waals surface area contributed by atoms with Crippen LogP contribution in [0.5, 0.6) is 5.75 Å². The molecule has 24 heavy (non-hydrogen) atoms. The second-order valence-electron chi connectivity index (χ2n) is 7.37. The summed E-state index contributed by atoms with van der Waals surface area (Å²) < 4.78 is 24.7. The first-order valence-corrected chi connectivity index (χ1v) is 8.35. The third-order valence-corrected chi connectivity index (χ3v) is 3.86. The molecule has 134 valence electrons. The van der Waals surface area contributed by atoms with E-state index in [0.29, 0.717) is 17.7 Å². The molecule has 5 nitrogen and oxygen atoms in total. The quantitative estimate of drug-likeness (QED) is 0.878. The molecule has 0 heterocycles. The van der Waals surface area contributed by atoms with Crippen molar-refractivity contribution >= 4 is 6.09 Å². The van der Waals surface area contributed by atoms with Crippen molar-refractivity contribution in [3.8, 4) is 5.75 Å². The largest absolute Gasteiger partial charge is 0.490 e. The van der Waals surface area contributed by atoms with Gasteiger partial charge in [-0.25, -0.2) is 9.18 Å². The summed E-state index contributed by atoms with van der Waals surface area (Å²) in [6.45, 7) is 7.29. The first-order valence-electron chi connectivity index (χ1n) is 8.35. The molecule has 1 amide bonds. The Kier molecular flexibility index (Phi) is 5.70. The molecule has 1 fully saturated rings. The van der Waals surface area contributed by atoms with Crippen LogP contribution in [0.25, 0.3) is 0 Å². The van der Waals surface area contributed by atoms with Gasteiger partial charge in [-0.3, -0.25) is 0 Å². The molecule has 0 aromatic heterocycles. The average Bonchev–Trinajstić information content (AvgIpc) is 2.85. The summed E-state index contributed by atoms with van der Waals surface area (Å²) in [5.41, 5.74) is 6.03. The van der Waals surface area contributed by atoms with Crippen LogP contribution in [0.4, 0.5) is 9.18 Å². The van der Waals surface area contributed by atoms with Crippen molar-refractivity contribution in [2.24, 2.45) is 5.73 Å². The van der Waals surface area contributed by atoms with Gasteiger partial charge in [-0.15, -0.1) is 0 Å². The molecule has 1 saturated carbocycles. The summed E-state index contributed by atoms with van der Waals surface area (Å²) in [6.07, 6.45) is 1.88.